The van der Waals surface area contributed by atoms with Crippen LogP contribution in [0.15, 0.2) is 0 Å². The minimum absolute atomic E-state index is 0.376. The maximum Gasteiger partial charge on any atom is 0.337 e. The first kappa shape index (κ1) is 16.7. The van der Waals surface area contributed by atoms with E-state index >= 15 is 0 Å². The number of hydrogen-bond acceptors (Lipinski definition) is 5. The molecule has 0 aromatic carbocycles. The molecule has 0 spiro atoms. The number of aryl methyl sites for hydroxylation is 2. The van der Waals surface area contributed by atoms with E-state index in [-0.39, 0.29) is 6.54 Å². The molecular weight excluding hydrogens is 306 g/mol. The van der Waals surface area contributed by atoms with E-state index in [4.69, 9.17) is 5.11 Å². The molecule has 0 bridgehead atoms. The van der Waals surface area contributed by atoms with Gasteiger partial charge >= 0.3 is 12.0 Å². The lowest BCUT2D eigenvalue weighted by molar-refractivity contribution is -0.155. The fraction of sp³-hybridized carbons (Fsp3) is 0.643. The summed E-state index contributed by atoms with van der Waals surface area (Å²) in [7, 11) is 0. The molecule has 2 amide bonds. The molecule has 122 valence electrons. The molecule has 8 heteroatoms. The summed E-state index contributed by atoms with van der Waals surface area (Å²) in [6.07, 6.45) is 6.62. The number of anilines is 1. The Morgan fingerprint density at radius 2 is 1.95 bits per heavy atom. The van der Waals surface area contributed by atoms with Gasteiger partial charge in [-0.1, -0.05) is 12.8 Å². The number of aliphatic hydroxyl groups is 1. The molecule has 0 fully saturated rings. The third-order valence-corrected chi connectivity index (χ3v) is 4.69. The number of nitrogens with zero attached hydrogens (tertiary/aromatic N) is 1. The second-order valence-corrected chi connectivity index (χ2v) is 6.77. The highest BCUT2D eigenvalue weighted by Crippen LogP contribution is 2.28. The normalized spacial score (nSPS) is 17.5. The predicted octanol–water partition coefficient (Wildman–Crippen LogP) is 1.76. The number of nitrogens with one attached hydrogen (secondary N) is 2. The van der Waals surface area contributed by atoms with Crippen molar-refractivity contribution in [1.29, 1.82) is 0 Å². The number of carboxylic acids is 1. The second kappa shape index (κ2) is 7.06. The highest BCUT2D eigenvalue weighted by Gasteiger charge is 2.30. The van der Waals surface area contributed by atoms with Crippen LogP contribution in [0.1, 0.15) is 43.2 Å². The summed E-state index contributed by atoms with van der Waals surface area (Å²) in [6, 6.07) is -0.566. The summed E-state index contributed by atoms with van der Waals surface area (Å²) in [4.78, 5) is 28.2. The monoisotopic (exact) mass is 327 g/mol. The summed E-state index contributed by atoms with van der Waals surface area (Å²) in [5.74, 6) is -1.38. The number of aliphatic carboxylic acids is 1. The number of urea groups is 1. The molecule has 0 aliphatic heterocycles. The van der Waals surface area contributed by atoms with Crippen LogP contribution in [0.25, 0.3) is 0 Å². The van der Waals surface area contributed by atoms with Crippen LogP contribution in [0, 0.1) is 0 Å². The van der Waals surface area contributed by atoms with Crippen molar-refractivity contribution in [3.8, 4) is 0 Å². The molecule has 22 heavy (non-hydrogen) atoms. The van der Waals surface area contributed by atoms with Gasteiger partial charge in [-0.3, -0.25) is 5.32 Å². The highest BCUT2D eigenvalue weighted by atomic mass is 32.1. The van der Waals surface area contributed by atoms with E-state index in [1.165, 1.54) is 29.1 Å². The lowest BCUT2D eigenvalue weighted by atomic mass is 10.0. The first-order valence-electron chi connectivity index (χ1n) is 7.38. The van der Waals surface area contributed by atoms with Crippen LogP contribution in [0.2, 0.25) is 0 Å². The van der Waals surface area contributed by atoms with Crippen LogP contribution >= 0.6 is 11.3 Å². The van der Waals surface area contributed by atoms with E-state index in [2.05, 4.69) is 15.6 Å². The Balaban J connectivity index is 1.92. The van der Waals surface area contributed by atoms with Crippen molar-refractivity contribution in [3.05, 3.63) is 10.6 Å². The van der Waals surface area contributed by atoms with Gasteiger partial charge in [-0.05, 0) is 32.6 Å². The molecule has 1 aliphatic rings. The second-order valence-electron chi connectivity index (χ2n) is 5.69. The SMILES string of the molecule is CC(O)(CNC(=O)Nc1nc2c(s1)CCCCCC2)C(=O)O. The summed E-state index contributed by atoms with van der Waals surface area (Å²) in [5, 5.41) is 23.8. The third-order valence-electron chi connectivity index (χ3n) is 3.62. The summed E-state index contributed by atoms with van der Waals surface area (Å²) in [5.41, 5.74) is -0.938. The minimum atomic E-state index is -1.99. The van der Waals surface area contributed by atoms with Gasteiger partial charge in [0.25, 0.3) is 0 Å². The van der Waals surface area contributed by atoms with Gasteiger partial charge in [0, 0.05) is 4.88 Å². The number of rotatable bonds is 4. The smallest absolute Gasteiger partial charge is 0.337 e. The number of carboxylic acid groups (broad SMARTS) is 1. The molecule has 4 N–H and O–H groups in total. The van der Waals surface area contributed by atoms with Gasteiger partial charge in [-0.2, -0.15) is 0 Å². The summed E-state index contributed by atoms with van der Waals surface area (Å²) >= 11 is 1.46. The Labute approximate surface area is 132 Å². The Kier molecular flexibility index (Phi) is 5.36. The Hall–Kier alpha value is -1.67. The van der Waals surface area contributed by atoms with Crippen molar-refractivity contribution in [2.75, 3.05) is 11.9 Å². The Bertz CT molecular complexity index is 531. The molecule has 0 saturated carbocycles. The highest BCUT2D eigenvalue weighted by molar-refractivity contribution is 7.15. The molecular formula is C14H21N3O4S. The topological polar surface area (TPSA) is 112 Å². The zero-order valence-corrected chi connectivity index (χ0v) is 13.3. The fourth-order valence-electron chi connectivity index (χ4n) is 2.23. The number of carbonyl (C=O) groups is 2. The minimum Gasteiger partial charge on any atom is -0.479 e. The predicted molar refractivity (Wildman–Crippen MR) is 83.3 cm³/mol. The van der Waals surface area contributed by atoms with Gasteiger partial charge < -0.3 is 15.5 Å². The van der Waals surface area contributed by atoms with E-state index in [1.54, 1.807) is 0 Å². The molecule has 7 nitrogen and oxygen atoms in total. The molecule has 0 radical (unpaired) electrons. The average Bonchev–Trinajstić information content (AvgIpc) is 2.78. The summed E-state index contributed by atoms with van der Waals surface area (Å²) in [6.45, 7) is 0.754. The zero-order valence-electron chi connectivity index (χ0n) is 12.5. The van der Waals surface area contributed by atoms with Gasteiger partial charge in [0.1, 0.15) is 0 Å². The standard InChI is InChI=1S/C14H21N3O4S/c1-14(21,11(18)19)8-15-12(20)17-13-16-9-6-4-2-3-5-7-10(9)22-13/h21H,2-8H2,1H3,(H,18,19)(H2,15,16,17,20). The van der Waals surface area contributed by atoms with Crippen molar-refractivity contribution < 1.29 is 19.8 Å². The molecule has 1 aromatic heterocycles. The van der Waals surface area contributed by atoms with Crippen molar-refractivity contribution >= 4 is 28.5 Å². The van der Waals surface area contributed by atoms with Crippen LogP contribution in [-0.4, -0.2) is 39.3 Å². The van der Waals surface area contributed by atoms with Crippen LogP contribution < -0.4 is 10.6 Å². The first-order valence-corrected chi connectivity index (χ1v) is 8.19. The molecule has 1 unspecified atom stereocenters. The van der Waals surface area contributed by atoms with Gasteiger partial charge in [0.15, 0.2) is 10.7 Å². The first-order chi connectivity index (χ1) is 10.4. The molecule has 1 heterocycles. The van der Waals surface area contributed by atoms with Crippen LogP contribution in [0.5, 0.6) is 0 Å². The van der Waals surface area contributed by atoms with Crippen molar-refractivity contribution in [2.45, 2.75) is 51.0 Å². The Morgan fingerprint density at radius 3 is 2.64 bits per heavy atom. The Morgan fingerprint density at radius 1 is 1.27 bits per heavy atom. The number of aromatic nitrogens is 1. The van der Waals surface area contributed by atoms with E-state index in [9.17, 15) is 14.7 Å². The van der Waals surface area contributed by atoms with Crippen molar-refractivity contribution in [2.24, 2.45) is 0 Å². The van der Waals surface area contributed by atoms with Gasteiger partial charge in [-0.25, -0.2) is 14.6 Å². The van der Waals surface area contributed by atoms with Gasteiger partial charge in [-0.15, -0.1) is 11.3 Å². The number of carbonyl (C=O) groups excluding carboxylic acids is 1. The maximum atomic E-state index is 11.8. The lowest BCUT2D eigenvalue weighted by Crippen LogP contribution is -2.47. The van der Waals surface area contributed by atoms with Crippen molar-refractivity contribution in [3.63, 3.8) is 0 Å². The average molecular weight is 327 g/mol. The van der Waals surface area contributed by atoms with Crippen LogP contribution in [0.4, 0.5) is 9.93 Å². The van der Waals surface area contributed by atoms with E-state index < -0.39 is 17.6 Å². The molecule has 2 rings (SSSR count). The molecule has 1 aromatic rings. The largest absolute Gasteiger partial charge is 0.479 e. The number of thiazole rings is 1. The van der Waals surface area contributed by atoms with Gasteiger partial charge in [0.05, 0.1) is 12.2 Å². The quantitative estimate of drug-likeness (QED) is 0.673. The van der Waals surface area contributed by atoms with E-state index in [1.807, 2.05) is 0 Å². The number of fused-ring (bicyclic) bond motifs is 1. The molecule has 1 aliphatic carbocycles. The fourth-order valence-corrected chi connectivity index (χ4v) is 3.27. The third kappa shape index (κ3) is 4.41. The van der Waals surface area contributed by atoms with Gasteiger partial charge in [0.2, 0.25) is 0 Å². The van der Waals surface area contributed by atoms with Crippen LogP contribution in [0.3, 0.4) is 0 Å². The molecule has 1 atom stereocenters. The van der Waals surface area contributed by atoms with E-state index in [0.717, 1.165) is 38.3 Å². The van der Waals surface area contributed by atoms with Crippen LogP contribution in [-0.2, 0) is 17.6 Å². The maximum absolute atomic E-state index is 11.8. The summed E-state index contributed by atoms with van der Waals surface area (Å²) < 4.78 is 0. The van der Waals surface area contributed by atoms with Crippen molar-refractivity contribution in [1.82, 2.24) is 10.3 Å². The molecule has 0 saturated heterocycles. The lowest BCUT2D eigenvalue weighted by Gasteiger charge is -2.18. The van der Waals surface area contributed by atoms with E-state index in [0.29, 0.717) is 5.13 Å². The number of hydrogen-bond donors (Lipinski definition) is 4. The zero-order chi connectivity index (χ0) is 16.2. The number of amides is 2.